The van der Waals surface area contributed by atoms with Gasteiger partial charge in [0.05, 0.1) is 10.4 Å². The van der Waals surface area contributed by atoms with Crippen molar-refractivity contribution in [2.75, 3.05) is 0 Å². The van der Waals surface area contributed by atoms with Gasteiger partial charge in [-0.15, -0.1) is 11.6 Å². The molecule has 5 heteroatoms. The number of hydrogen-bond acceptors (Lipinski definition) is 2. The molecule has 3 rings (SSSR count). The summed E-state index contributed by atoms with van der Waals surface area (Å²) in [5.74, 6) is 1.47. The minimum absolute atomic E-state index is 0.150. The summed E-state index contributed by atoms with van der Waals surface area (Å²) in [6, 6.07) is 1.85. The summed E-state index contributed by atoms with van der Waals surface area (Å²) in [4.78, 5) is 9.10. The van der Waals surface area contributed by atoms with Gasteiger partial charge in [-0.25, -0.2) is 9.97 Å². The Morgan fingerprint density at radius 2 is 1.90 bits per heavy atom. The number of aromatic nitrogens is 3. The molecule has 0 saturated heterocycles. The van der Waals surface area contributed by atoms with Crippen LogP contribution in [0.5, 0.6) is 0 Å². The maximum absolute atomic E-state index is 6.32. The van der Waals surface area contributed by atoms with Crippen LogP contribution in [0.25, 0.3) is 11.2 Å². The third-order valence-electron chi connectivity index (χ3n) is 5.62. The maximum Gasteiger partial charge on any atom is 0.160 e. The van der Waals surface area contributed by atoms with E-state index in [2.05, 4.69) is 42.2 Å². The summed E-state index contributed by atoms with van der Waals surface area (Å²) in [6.07, 6.45) is 1.67. The van der Waals surface area contributed by atoms with Crippen LogP contribution in [0, 0.1) is 16.7 Å². The molecule has 2 aromatic heterocycles. The van der Waals surface area contributed by atoms with Crippen LogP contribution in [0.15, 0.2) is 12.3 Å². The Balaban J connectivity index is 2.07. The van der Waals surface area contributed by atoms with E-state index in [0.29, 0.717) is 21.8 Å². The molecular weight excluding hydrogens is 305 g/mol. The van der Waals surface area contributed by atoms with E-state index in [4.69, 9.17) is 23.2 Å². The minimum atomic E-state index is -0.150. The van der Waals surface area contributed by atoms with Crippen LogP contribution in [-0.4, -0.2) is 14.5 Å². The molecule has 114 valence electrons. The third kappa shape index (κ3) is 2.17. The molecule has 0 bridgehead atoms. The van der Waals surface area contributed by atoms with Gasteiger partial charge >= 0.3 is 0 Å². The number of fused-ring (bicyclic) bond motifs is 1. The standard InChI is InChI=1S/C16H21Cl2N3/c1-9(17)13-20-11-6-10(18)7-19-14(11)21(13)8-12-15(2,3)16(12,4)5/h6-7,9,12H,8H2,1-5H3. The molecule has 2 aromatic rings. The Labute approximate surface area is 135 Å². The van der Waals surface area contributed by atoms with E-state index >= 15 is 0 Å². The van der Waals surface area contributed by atoms with E-state index in [1.54, 1.807) is 6.20 Å². The van der Waals surface area contributed by atoms with E-state index in [9.17, 15) is 0 Å². The molecule has 1 fully saturated rings. The van der Waals surface area contributed by atoms with E-state index < -0.39 is 0 Å². The van der Waals surface area contributed by atoms with E-state index in [1.165, 1.54) is 0 Å². The van der Waals surface area contributed by atoms with Gasteiger partial charge in [0.2, 0.25) is 0 Å². The van der Waals surface area contributed by atoms with Crippen molar-refractivity contribution in [2.24, 2.45) is 16.7 Å². The first kappa shape index (κ1) is 15.1. The lowest BCUT2D eigenvalue weighted by atomic mass is 10.0. The third-order valence-corrected chi connectivity index (χ3v) is 6.02. The number of imidazole rings is 1. The average molecular weight is 326 g/mol. The van der Waals surface area contributed by atoms with E-state index in [0.717, 1.165) is 23.5 Å². The number of nitrogens with zero attached hydrogens (tertiary/aromatic N) is 3. The summed E-state index contributed by atoms with van der Waals surface area (Å²) in [5, 5.41) is 0.455. The highest BCUT2D eigenvalue weighted by Gasteiger charge is 2.64. The number of pyridine rings is 1. The normalized spacial score (nSPS) is 21.7. The van der Waals surface area contributed by atoms with Gasteiger partial charge < -0.3 is 4.57 Å². The van der Waals surface area contributed by atoms with Crippen molar-refractivity contribution >= 4 is 34.4 Å². The first-order valence-corrected chi connectivity index (χ1v) is 8.13. The van der Waals surface area contributed by atoms with Gasteiger partial charge in [0.25, 0.3) is 0 Å². The second kappa shape index (κ2) is 4.60. The molecule has 0 N–H and O–H groups in total. The highest BCUT2D eigenvalue weighted by molar-refractivity contribution is 6.31. The number of hydrogen-bond donors (Lipinski definition) is 0. The lowest BCUT2D eigenvalue weighted by molar-refractivity contribution is 0.457. The van der Waals surface area contributed by atoms with Crippen molar-refractivity contribution in [1.29, 1.82) is 0 Å². The highest BCUT2D eigenvalue weighted by atomic mass is 35.5. The summed E-state index contributed by atoms with van der Waals surface area (Å²) in [7, 11) is 0. The first-order chi connectivity index (χ1) is 9.66. The second-order valence-corrected chi connectivity index (χ2v) is 8.28. The van der Waals surface area contributed by atoms with Crippen molar-refractivity contribution in [1.82, 2.24) is 14.5 Å². The van der Waals surface area contributed by atoms with Gasteiger partial charge in [-0.1, -0.05) is 39.3 Å². The fraction of sp³-hybridized carbons (Fsp3) is 0.625. The van der Waals surface area contributed by atoms with Crippen molar-refractivity contribution in [3.05, 3.63) is 23.1 Å². The molecule has 1 aliphatic carbocycles. The zero-order valence-electron chi connectivity index (χ0n) is 13.1. The summed E-state index contributed by atoms with van der Waals surface area (Å²) >= 11 is 12.3. The average Bonchev–Trinajstić information content (AvgIpc) is 2.70. The number of rotatable bonds is 3. The molecule has 0 aromatic carbocycles. The number of halogens is 2. The highest BCUT2D eigenvalue weighted by Crippen LogP contribution is 2.69. The quantitative estimate of drug-likeness (QED) is 0.738. The van der Waals surface area contributed by atoms with Gasteiger partial charge in [-0.3, -0.25) is 0 Å². The fourth-order valence-electron chi connectivity index (χ4n) is 3.46. The smallest absolute Gasteiger partial charge is 0.160 e. The molecule has 2 heterocycles. The monoisotopic (exact) mass is 325 g/mol. The van der Waals surface area contributed by atoms with E-state index in [1.807, 2.05) is 13.0 Å². The Morgan fingerprint density at radius 1 is 1.29 bits per heavy atom. The Hall–Kier alpha value is -0.800. The van der Waals surface area contributed by atoms with Gasteiger partial charge in [-0.2, -0.15) is 0 Å². The zero-order chi connectivity index (χ0) is 15.6. The summed E-state index contributed by atoms with van der Waals surface area (Å²) in [6.45, 7) is 12.1. The predicted octanol–water partition coefficient (Wildman–Crippen LogP) is 5.07. The molecule has 1 saturated carbocycles. The van der Waals surface area contributed by atoms with Gasteiger partial charge in [-0.05, 0) is 29.7 Å². The predicted molar refractivity (Wildman–Crippen MR) is 87.9 cm³/mol. The Bertz CT molecular complexity index is 687. The number of alkyl halides is 1. The molecule has 1 atom stereocenters. The van der Waals surface area contributed by atoms with Crippen molar-refractivity contribution < 1.29 is 0 Å². The molecule has 21 heavy (non-hydrogen) atoms. The molecular formula is C16H21Cl2N3. The van der Waals surface area contributed by atoms with Crippen LogP contribution in [0.3, 0.4) is 0 Å². The summed E-state index contributed by atoms with van der Waals surface area (Å²) in [5.41, 5.74) is 2.34. The van der Waals surface area contributed by atoms with Crippen molar-refractivity contribution in [2.45, 2.75) is 46.5 Å². The first-order valence-electron chi connectivity index (χ1n) is 7.32. The molecule has 0 amide bonds. The molecule has 0 spiro atoms. The van der Waals surface area contributed by atoms with Crippen LogP contribution in [0.4, 0.5) is 0 Å². The molecule has 1 aliphatic rings. The Morgan fingerprint density at radius 3 is 2.43 bits per heavy atom. The van der Waals surface area contributed by atoms with Crippen LogP contribution in [-0.2, 0) is 6.54 Å². The Kier molecular flexibility index (Phi) is 3.31. The fourth-order valence-corrected chi connectivity index (χ4v) is 3.78. The van der Waals surface area contributed by atoms with Crippen LogP contribution < -0.4 is 0 Å². The summed E-state index contributed by atoms with van der Waals surface area (Å²) < 4.78 is 2.17. The van der Waals surface area contributed by atoms with Gasteiger partial charge in [0, 0.05) is 12.7 Å². The lowest BCUT2D eigenvalue weighted by Gasteiger charge is -2.11. The van der Waals surface area contributed by atoms with Crippen LogP contribution in [0.1, 0.15) is 45.8 Å². The molecule has 0 radical (unpaired) electrons. The largest absolute Gasteiger partial charge is 0.311 e. The van der Waals surface area contributed by atoms with Crippen molar-refractivity contribution in [3.63, 3.8) is 0 Å². The van der Waals surface area contributed by atoms with Crippen molar-refractivity contribution in [3.8, 4) is 0 Å². The second-order valence-electron chi connectivity index (χ2n) is 7.19. The van der Waals surface area contributed by atoms with Crippen LogP contribution in [0.2, 0.25) is 5.02 Å². The molecule has 1 unspecified atom stereocenters. The molecule has 3 nitrogen and oxygen atoms in total. The topological polar surface area (TPSA) is 30.7 Å². The minimum Gasteiger partial charge on any atom is -0.311 e. The lowest BCUT2D eigenvalue weighted by Crippen LogP contribution is -2.09. The van der Waals surface area contributed by atoms with Crippen LogP contribution >= 0.6 is 23.2 Å². The van der Waals surface area contributed by atoms with E-state index in [-0.39, 0.29) is 5.38 Å². The maximum atomic E-state index is 6.32. The zero-order valence-corrected chi connectivity index (χ0v) is 14.6. The SMILES string of the molecule is CC(Cl)c1nc2cc(Cl)cnc2n1CC1C(C)(C)C1(C)C. The molecule has 0 aliphatic heterocycles. The van der Waals surface area contributed by atoms with Gasteiger partial charge in [0.1, 0.15) is 11.3 Å². The van der Waals surface area contributed by atoms with Gasteiger partial charge in [0.15, 0.2) is 5.65 Å².